The molecule has 1 N–H and O–H groups in total. The molecule has 0 bridgehead atoms. The lowest BCUT2D eigenvalue weighted by atomic mass is 10.0. The van der Waals surface area contributed by atoms with Crippen molar-refractivity contribution in [3.8, 4) is 0 Å². The minimum atomic E-state index is 0.0562. The Balaban J connectivity index is 1.93. The first-order valence-corrected chi connectivity index (χ1v) is 6.73. The third-order valence-electron chi connectivity index (χ3n) is 3.46. The molecule has 1 aliphatic heterocycles. The number of anilines is 1. The third-order valence-corrected chi connectivity index (χ3v) is 3.46. The first-order chi connectivity index (χ1) is 9.29. The van der Waals surface area contributed by atoms with Gasteiger partial charge < -0.3 is 5.32 Å². The smallest absolute Gasteiger partial charge is 0.211 e. The van der Waals surface area contributed by atoms with E-state index in [1.807, 2.05) is 18.2 Å². The van der Waals surface area contributed by atoms with Gasteiger partial charge in [0.15, 0.2) is 0 Å². The summed E-state index contributed by atoms with van der Waals surface area (Å²) >= 11 is 0. The molecule has 0 amide bonds. The molecule has 4 heteroatoms. The van der Waals surface area contributed by atoms with Crippen LogP contribution in [-0.4, -0.2) is 22.1 Å². The number of ketones is 1. The summed E-state index contributed by atoms with van der Waals surface area (Å²) in [5.41, 5.74) is 3.80. The van der Waals surface area contributed by atoms with Crippen LogP contribution >= 0.6 is 0 Å². The van der Waals surface area contributed by atoms with E-state index in [4.69, 9.17) is 0 Å². The molecule has 0 spiro atoms. The molecule has 1 aliphatic rings. The minimum Gasteiger partial charge on any atom is -0.384 e. The van der Waals surface area contributed by atoms with Gasteiger partial charge in [0.25, 0.3) is 0 Å². The van der Waals surface area contributed by atoms with Gasteiger partial charge in [-0.3, -0.25) is 9.48 Å². The highest BCUT2D eigenvalue weighted by atomic mass is 16.1. The largest absolute Gasteiger partial charge is 0.384 e. The lowest BCUT2D eigenvalue weighted by Gasteiger charge is -2.07. The van der Waals surface area contributed by atoms with Gasteiger partial charge in [-0.15, -0.1) is 0 Å². The molecule has 4 nitrogen and oxygen atoms in total. The normalized spacial score (nSPS) is 13.1. The van der Waals surface area contributed by atoms with Crippen molar-refractivity contribution in [2.24, 2.45) is 0 Å². The average molecular weight is 255 g/mol. The zero-order valence-corrected chi connectivity index (χ0v) is 11.0. The summed E-state index contributed by atoms with van der Waals surface area (Å²) in [5, 5.41) is 7.51. The van der Waals surface area contributed by atoms with E-state index in [9.17, 15) is 4.79 Å². The Morgan fingerprint density at radius 2 is 2.32 bits per heavy atom. The summed E-state index contributed by atoms with van der Waals surface area (Å²) in [5.74, 6) is 0.0562. The van der Waals surface area contributed by atoms with Crippen LogP contribution in [0.1, 0.15) is 35.0 Å². The topological polar surface area (TPSA) is 46.9 Å². The summed E-state index contributed by atoms with van der Waals surface area (Å²) in [6.07, 6.45) is 3.65. The Bertz CT molecular complexity index is 616. The first-order valence-electron chi connectivity index (χ1n) is 6.73. The second kappa shape index (κ2) is 4.88. The van der Waals surface area contributed by atoms with E-state index in [-0.39, 0.29) is 5.78 Å². The minimum absolute atomic E-state index is 0.0562. The van der Waals surface area contributed by atoms with Crippen molar-refractivity contribution in [1.82, 2.24) is 9.78 Å². The highest BCUT2D eigenvalue weighted by Gasteiger charge is 2.17. The van der Waals surface area contributed by atoms with E-state index in [1.54, 1.807) is 16.9 Å². The van der Waals surface area contributed by atoms with Gasteiger partial charge in [0.2, 0.25) is 5.78 Å². The van der Waals surface area contributed by atoms with Crippen molar-refractivity contribution in [3.05, 3.63) is 47.3 Å². The zero-order valence-electron chi connectivity index (χ0n) is 11.0. The Labute approximate surface area is 112 Å². The highest BCUT2D eigenvalue weighted by Crippen LogP contribution is 2.24. The molecule has 3 rings (SSSR count). The number of nitrogens with zero attached hydrogens (tertiary/aromatic N) is 2. The quantitative estimate of drug-likeness (QED) is 0.854. The predicted octanol–water partition coefficient (Wildman–Crippen LogP) is 2.49. The fourth-order valence-corrected chi connectivity index (χ4v) is 2.51. The maximum absolute atomic E-state index is 12.5. The molecular weight excluding hydrogens is 238 g/mol. The van der Waals surface area contributed by atoms with Gasteiger partial charge >= 0.3 is 0 Å². The zero-order chi connectivity index (χ0) is 13.2. The SMILES string of the molecule is CCCn1nccc1C(=O)c1ccc2c(c1)CCN2. The molecule has 19 heavy (non-hydrogen) atoms. The third kappa shape index (κ3) is 2.14. The highest BCUT2D eigenvalue weighted by molar-refractivity contribution is 6.08. The van der Waals surface area contributed by atoms with Crippen molar-refractivity contribution < 1.29 is 4.79 Å². The van der Waals surface area contributed by atoms with E-state index in [0.717, 1.165) is 37.2 Å². The van der Waals surface area contributed by atoms with Crippen LogP contribution < -0.4 is 5.32 Å². The number of carbonyl (C=O) groups excluding carboxylic acids is 1. The molecule has 0 radical (unpaired) electrons. The first kappa shape index (κ1) is 12.0. The number of benzene rings is 1. The fraction of sp³-hybridized carbons (Fsp3) is 0.333. The van der Waals surface area contributed by atoms with Crippen LogP contribution in [0, 0.1) is 0 Å². The van der Waals surface area contributed by atoms with Crippen molar-refractivity contribution in [2.75, 3.05) is 11.9 Å². The summed E-state index contributed by atoms with van der Waals surface area (Å²) in [6.45, 7) is 3.82. The number of nitrogens with one attached hydrogen (secondary N) is 1. The number of aryl methyl sites for hydroxylation is 1. The van der Waals surface area contributed by atoms with Crippen molar-refractivity contribution in [1.29, 1.82) is 0 Å². The Morgan fingerprint density at radius 3 is 3.16 bits per heavy atom. The number of hydrogen-bond acceptors (Lipinski definition) is 3. The monoisotopic (exact) mass is 255 g/mol. The maximum Gasteiger partial charge on any atom is 0.211 e. The van der Waals surface area contributed by atoms with E-state index >= 15 is 0 Å². The standard InChI is InChI=1S/C15H17N3O/c1-2-9-18-14(6-8-17-18)15(19)12-3-4-13-11(10-12)5-7-16-13/h3-4,6,8,10,16H,2,5,7,9H2,1H3. The molecule has 0 atom stereocenters. The summed E-state index contributed by atoms with van der Waals surface area (Å²) in [7, 11) is 0. The van der Waals surface area contributed by atoms with Gasteiger partial charge in [0.1, 0.15) is 5.69 Å². The number of aromatic nitrogens is 2. The number of carbonyl (C=O) groups is 1. The van der Waals surface area contributed by atoms with Crippen molar-refractivity contribution in [2.45, 2.75) is 26.3 Å². The van der Waals surface area contributed by atoms with Crippen molar-refractivity contribution in [3.63, 3.8) is 0 Å². The average Bonchev–Trinajstić information content (AvgIpc) is 3.05. The number of fused-ring (bicyclic) bond motifs is 1. The van der Waals surface area contributed by atoms with Gasteiger partial charge in [0.05, 0.1) is 0 Å². The fourth-order valence-electron chi connectivity index (χ4n) is 2.51. The summed E-state index contributed by atoms with van der Waals surface area (Å²) < 4.78 is 1.79. The van der Waals surface area contributed by atoms with Crippen LogP contribution in [0.15, 0.2) is 30.5 Å². The molecule has 2 aromatic rings. The van der Waals surface area contributed by atoms with Gasteiger partial charge in [-0.25, -0.2) is 0 Å². The second-order valence-corrected chi connectivity index (χ2v) is 4.82. The maximum atomic E-state index is 12.5. The van der Waals surface area contributed by atoms with E-state index in [2.05, 4.69) is 17.3 Å². The molecule has 2 heterocycles. The van der Waals surface area contributed by atoms with E-state index < -0.39 is 0 Å². The Kier molecular flexibility index (Phi) is 3.07. The Morgan fingerprint density at radius 1 is 1.42 bits per heavy atom. The van der Waals surface area contributed by atoms with Crippen LogP contribution in [0.5, 0.6) is 0 Å². The molecule has 0 unspecified atom stereocenters. The second-order valence-electron chi connectivity index (χ2n) is 4.82. The van der Waals surface area contributed by atoms with Gasteiger partial charge in [0, 0.05) is 30.5 Å². The van der Waals surface area contributed by atoms with Crippen molar-refractivity contribution >= 4 is 11.5 Å². The van der Waals surface area contributed by atoms with Crippen LogP contribution in [0.25, 0.3) is 0 Å². The molecule has 0 saturated carbocycles. The summed E-state index contributed by atoms with van der Waals surface area (Å²) in [6, 6.07) is 7.68. The number of hydrogen-bond donors (Lipinski definition) is 1. The molecule has 0 aliphatic carbocycles. The molecule has 98 valence electrons. The lowest BCUT2D eigenvalue weighted by Crippen LogP contribution is -2.11. The molecule has 0 fully saturated rings. The lowest BCUT2D eigenvalue weighted by molar-refractivity contribution is 0.102. The van der Waals surface area contributed by atoms with Crippen LogP contribution in [0.2, 0.25) is 0 Å². The van der Waals surface area contributed by atoms with E-state index in [0.29, 0.717) is 5.69 Å². The van der Waals surface area contributed by atoms with Gasteiger partial charge in [-0.05, 0) is 42.7 Å². The Hall–Kier alpha value is -2.10. The predicted molar refractivity (Wildman–Crippen MR) is 74.6 cm³/mol. The molecule has 1 aromatic carbocycles. The van der Waals surface area contributed by atoms with E-state index in [1.165, 1.54) is 5.56 Å². The van der Waals surface area contributed by atoms with Gasteiger partial charge in [-0.1, -0.05) is 6.92 Å². The molecule has 0 saturated heterocycles. The number of rotatable bonds is 4. The van der Waals surface area contributed by atoms with Gasteiger partial charge in [-0.2, -0.15) is 5.10 Å². The van der Waals surface area contributed by atoms with Crippen LogP contribution in [0.4, 0.5) is 5.69 Å². The molecule has 1 aromatic heterocycles. The molecular formula is C15H17N3O. The van der Waals surface area contributed by atoms with Crippen LogP contribution in [-0.2, 0) is 13.0 Å². The van der Waals surface area contributed by atoms with Crippen LogP contribution in [0.3, 0.4) is 0 Å². The summed E-state index contributed by atoms with van der Waals surface area (Å²) in [4.78, 5) is 12.5.